The summed E-state index contributed by atoms with van der Waals surface area (Å²) in [4.78, 5) is 21.5. The van der Waals surface area contributed by atoms with Crippen LogP contribution in [-0.2, 0) is 4.79 Å². The van der Waals surface area contributed by atoms with Crippen molar-refractivity contribution in [2.45, 2.75) is 6.92 Å². The van der Waals surface area contributed by atoms with E-state index in [-0.39, 0.29) is 16.4 Å². The van der Waals surface area contributed by atoms with Crippen molar-refractivity contribution in [1.29, 1.82) is 0 Å². The summed E-state index contributed by atoms with van der Waals surface area (Å²) in [5, 5.41) is 13.3. The molecule has 0 radical (unpaired) electrons. The van der Waals surface area contributed by atoms with Crippen LogP contribution in [0.15, 0.2) is 42.5 Å². The average Bonchev–Trinajstić information content (AvgIpc) is 2.32. The molecule has 0 atom stereocenters. The maximum atomic E-state index is 11.5. The van der Waals surface area contributed by atoms with Crippen molar-refractivity contribution in [3.8, 4) is 0 Å². The topological polar surface area (TPSA) is 72.2 Å². The Labute approximate surface area is 109 Å². The van der Waals surface area contributed by atoms with Crippen LogP contribution in [0.3, 0.4) is 0 Å². The first-order valence-corrected chi connectivity index (χ1v) is 5.46. The number of non-ortho nitro benzene ring substituents is 1. The summed E-state index contributed by atoms with van der Waals surface area (Å²) in [5.74, 6) is -0.407. The second-order valence-corrected chi connectivity index (χ2v) is 3.70. The minimum Gasteiger partial charge on any atom is -0.321 e. The van der Waals surface area contributed by atoms with Gasteiger partial charge in [-0.05, 0) is 13.0 Å². The fraction of sp³-hybridized carbons (Fsp3) is 0.0833. The van der Waals surface area contributed by atoms with Crippen LogP contribution in [0, 0.1) is 10.1 Å². The number of anilines is 1. The molecule has 1 aromatic rings. The number of carbonyl (C=O) groups excluding carboxylic acids is 1. The summed E-state index contributed by atoms with van der Waals surface area (Å²) >= 11 is 5.83. The first-order chi connectivity index (χ1) is 8.54. The molecule has 0 fully saturated rings. The van der Waals surface area contributed by atoms with Gasteiger partial charge in [-0.1, -0.05) is 29.8 Å². The highest BCUT2D eigenvalue weighted by molar-refractivity contribution is 6.33. The molecule has 0 aliphatic rings. The van der Waals surface area contributed by atoms with Gasteiger partial charge >= 0.3 is 0 Å². The molecule has 5 nitrogen and oxygen atoms in total. The molecular weight excluding hydrogens is 256 g/mol. The van der Waals surface area contributed by atoms with Crippen LogP contribution in [0.1, 0.15) is 6.92 Å². The maximum absolute atomic E-state index is 11.5. The predicted octanol–water partition coefficient (Wildman–Crippen LogP) is 3.32. The molecule has 0 bridgehead atoms. The van der Waals surface area contributed by atoms with Crippen molar-refractivity contribution in [2.24, 2.45) is 0 Å². The van der Waals surface area contributed by atoms with Gasteiger partial charge in [0.2, 0.25) is 5.91 Å². The molecule has 1 N–H and O–H groups in total. The number of nitrogens with one attached hydrogen (secondary N) is 1. The van der Waals surface area contributed by atoms with Crippen LogP contribution < -0.4 is 5.32 Å². The molecule has 18 heavy (non-hydrogen) atoms. The van der Waals surface area contributed by atoms with Crippen molar-refractivity contribution in [3.05, 3.63) is 57.6 Å². The van der Waals surface area contributed by atoms with Gasteiger partial charge in [0, 0.05) is 18.2 Å². The number of benzene rings is 1. The van der Waals surface area contributed by atoms with Gasteiger partial charge in [0.05, 0.1) is 15.6 Å². The highest BCUT2D eigenvalue weighted by atomic mass is 35.5. The van der Waals surface area contributed by atoms with E-state index in [1.54, 1.807) is 18.2 Å². The molecule has 0 saturated carbocycles. The number of nitro benzene ring substituents is 1. The van der Waals surface area contributed by atoms with Gasteiger partial charge in [-0.3, -0.25) is 14.9 Å². The van der Waals surface area contributed by atoms with Crippen LogP contribution in [0.5, 0.6) is 0 Å². The number of nitrogens with zero attached hydrogens (tertiary/aromatic N) is 1. The summed E-state index contributed by atoms with van der Waals surface area (Å²) < 4.78 is 0. The van der Waals surface area contributed by atoms with Gasteiger partial charge in [-0.2, -0.15) is 0 Å². The summed E-state index contributed by atoms with van der Waals surface area (Å²) in [7, 11) is 0. The number of hydrogen-bond acceptors (Lipinski definition) is 3. The van der Waals surface area contributed by atoms with E-state index in [9.17, 15) is 14.9 Å². The number of nitro groups is 1. The molecule has 0 aliphatic carbocycles. The second-order valence-electron chi connectivity index (χ2n) is 3.30. The van der Waals surface area contributed by atoms with Gasteiger partial charge in [0.1, 0.15) is 0 Å². The third-order valence-electron chi connectivity index (χ3n) is 1.97. The van der Waals surface area contributed by atoms with E-state index in [2.05, 4.69) is 5.32 Å². The van der Waals surface area contributed by atoms with E-state index in [1.807, 2.05) is 6.92 Å². The Hall–Kier alpha value is -2.14. The van der Waals surface area contributed by atoms with Crippen LogP contribution in [0.2, 0.25) is 5.02 Å². The standard InChI is InChI=1S/C12H11ClN2O3/c1-2-3-4-5-12(16)14-11-8-9(15(17)18)6-7-10(11)13/h2-8H,1H3,(H,14,16)/b3-2+,5-4+. The van der Waals surface area contributed by atoms with Gasteiger partial charge in [-0.25, -0.2) is 0 Å². The normalized spacial score (nSPS) is 11.0. The monoisotopic (exact) mass is 266 g/mol. The smallest absolute Gasteiger partial charge is 0.271 e. The lowest BCUT2D eigenvalue weighted by molar-refractivity contribution is -0.384. The average molecular weight is 267 g/mol. The van der Waals surface area contributed by atoms with Gasteiger partial charge in [0.25, 0.3) is 5.69 Å². The summed E-state index contributed by atoms with van der Waals surface area (Å²) in [5.41, 5.74) is 0.0770. The van der Waals surface area contributed by atoms with E-state index in [0.29, 0.717) is 0 Å². The van der Waals surface area contributed by atoms with Gasteiger partial charge < -0.3 is 5.32 Å². The Morgan fingerprint density at radius 3 is 2.78 bits per heavy atom. The van der Waals surface area contributed by atoms with Crippen LogP contribution in [-0.4, -0.2) is 10.8 Å². The molecule has 1 amide bonds. The molecule has 6 heteroatoms. The number of allylic oxidation sites excluding steroid dienone is 3. The minimum absolute atomic E-state index is 0.132. The molecule has 0 aromatic heterocycles. The lowest BCUT2D eigenvalue weighted by atomic mass is 10.2. The fourth-order valence-corrected chi connectivity index (χ4v) is 1.32. The summed E-state index contributed by atoms with van der Waals surface area (Å²) in [6.07, 6.45) is 6.31. The number of carbonyl (C=O) groups is 1. The Balaban J connectivity index is 2.86. The molecule has 0 saturated heterocycles. The molecule has 0 aliphatic heterocycles. The fourth-order valence-electron chi connectivity index (χ4n) is 1.15. The molecule has 1 aromatic carbocycles. The van der Waals surface area contributed by atoms with Crippen molar-refractivity contribution >= 4 is 28.9 Å². The van der Waals surface area contributed by atoms with Crippen molar-refractivity contribution in [2.75, 3.05) is 5.32 Å². The van der Waals surface area contributed by atoms with Crippen LogP contribution in [0.4, 0.5) is 11.4 Å². The van der Waals surface area contributed by atoms with E-state index in [4.69, 9.17) is 11.6 Å². The van der Waals surface area contributed by atoms with Crippen LogP contribution in [0.25, 0.3) is 0 Å². The Morgan fingerprint density at radius 1 is 1.44 bits per heavy atom. The Kier molecular flexibility index (Phi) is 5.07. The van der Waals surface area contributed by atoms with Crippen molar-refractivity contribution in [3.63, 3.8) is 0 Å². The first kappa shape index (κ1) is 13.9. The largest absolute Gasteiger partial charge is 0.321 e. The van der Waals surface area contributed by atoms with E-state index >= 15 is 0 Å². The number of rotatable bonds is 4. The third-order valence-corrected chi connectivity index (χ3v) is 2.30. The SMILES string of the molecule is C/C=C/C=C/C(=O)Nc1cc([N+](=O)[O-])ccc1Cl. The minimum atomic E-state index is -0.554. The molecule has 1 rings (SSSR count). The Bertz CT molecular complexity index is 524. The van der Waals surface area contributed by atoms with Crippen LogP contribution >= 0.6 is 11.6 Å². The highest BCUT2D eigenvalue weighted by Gasteiger charge is 2.10. The molecule has 0 heterocycles. The van der Waals surface area contributed by atoms with E-state index in [1.165, 1.54) is 24.3 Å². The zero-order valence-corrected chi connectivity index (χ0v) is 10.3. The zero-order valence-electron chi connectivity index (χ0n) is 9.59. The van der Waals surface area contributed by atoms with E-state index in [0.717, 1.165) is 0 Å². The number of halogens is 1. The molecule has 94 valence electrons. The molecule has 0 spiro atoms. The first-order valence-electron chi connectivity index (χ1n) is 5.09. The van der Waals surface area contributed by atoms with Gasteiger partial charge in [-0.15, -0.1) is 0 Å². The second kappa shape index (κ2) is 6.56. The quantitative estimate of drug-likeness (QED) is 0.393. The number of hydrogen-bond donors (Lipinski definition) is 1. The lowest BCUT2D eigenvalue weighted by Crippen LogP contribution is -2.08. The zero-order chi connectivity index (χ0) is 13.5. The van der Waals surface area contributed by atoms with E-state index < -0.39 is 10.8 Å². The van der Waals surface area contributed by atoms with Crippen molar-refractivity contribution in [1.82, 2.24) is 0 Å². The molecule has 0 unspecified atom stereocenters. The number of amides is 1. The Morgan fingerprint density at radius 2 is 2.17 bits per heavy atom. The third kappa shape index (κ3) is 4.03. The highest BCUT2D eigenvalue weighted by Crippen LogP contribution is 2.26. The lowest BCUT2D eigenvalue weighted by Gasteiger charge is -2.04. The maximum Gasteiger partial charge on any atom is 0.271 e. The summed E-state index contributed by atoms with van der Waals surface area (Å²) in [6.45, 7) is 1.82. The summed E-state index contributed by atoms with van der Waals surface area (Å²) in [6, 6.07) is 3.85. The van der Waals surface area contributed by atoms with Crippen molar-refractivity contribution < 1.29 is 9.72 Å². The predicted molar refractivity (Wildman–Crippen MR) is 70.7 cm³/mol. The molecular formula is C12H11ClN2O3. The van der Waals surface area contributed by atoms with Gasteiger partial charge in [0.15, 0.2) is 0 Å².